The molecule has 0 aliphatic heterocycles. The lowest BCUT2D eigenvalue weighted by molar-refractivity contribution is 0.0690. The monoisotopic (exact) mass is 282 g/mol. The molecule has 1 aromatic heterocycles. The second-order valence-corrected chi connectivity index (χ2v) is 4.47. The Bertz CT molecular complexity index is 412. The molecule has 0 unspecified atom stereocenters. The molecule has 1 aromatic rings. The summed E-state index contributed by atoms with van der Waals surface area (Å²) in [7, 11) is 3.35. The van der Waals surface area contributed by atoms with Crippen LogP contribution in [0.3, 0.4) is 0 Å². The third-order valence-electron chi connectivity index (χ3n) is 2.88. The van der Waals surface area contributed by atoms with E-state index in [9.17, 15) is 4.79 Å². The van der Waals surface area contributed by atoms with Crippen molar-refractivity contribution in [2.75, 3.05) is 40.5 Å². The van der Waals surface area contributed by atoms with Crippen LogP contribution in [0.2, 0.25) is 0 Å². The number of carboxylic acid groups (broad SMARTS) is 1. The highest BCUT2D eigenvalue weighted by Crippen LogP contribution is 2.07. The van der Waals surface area contributed by atoms with Crippen LogP contribution in [0.1, 0.15) is 22.5 Å². The van der Waals surface area contributed by atoms with Crippen LogP contribution in [0.15, 0.2) is 18.3 Å². The Hall–Kier alpha value is -1.50. The van der Waals surface area contributed by atoms with E-state index < -0.39 is 5.97 Å². The van der Waals surface area contributed by atoms with Gasteiger partial charge in [-0.25, -0.2) is 9.78 Å². The summed E-state index contributed by atoms with van der Waals surface area (Å²) in [6.07, 6.45) is 2.46. The average Bonchev–Trinajstić information content (AvgIpc) is 2.45. The van der Waals surface area contributed by atoms with Gasteiger partial charge in [-0.05, 0) is 24.1 Å². The minimum absolute atomic E-state index is 0.0751. The molecule has 0 bridgehead atoms. The van der Waals surface area contributed by atoms with Gasteiger partial charge < -0.3 is 14.6 Å². The summed E-state index contributed by atoms with van der Waals surface area (Å²) in [6.45, 7) is 3.70. The van der Waals surface area contributed by atoms with Crippen LogP contribution in [0.4, 0.5) is 0 Å². The van der Waals surface area contributed by atoms with Crippen LogP contribution in [-0.2, 0) is 16.0 Å². The lowest BCUT2D eigenvalue weighted by Crippen LogP contribution is -2.29. The number of carboxylic acids is 1. The van der Waals surface area contributed by atoms with Crippen molar-refractivity contribution in [2.45, 2.75) is 13.0 Å². The Balaban J connectivity index is 2.62. The largest absolute Gasteiger partial charge is 0.477 e. The Morgan fingerprint density at radius 1 is 1.30 bits per heavy atom. The van der Waals surface area contributed by atoms with Gasteiger partial charge in [0.05, 0.1) is 6.61 Å². The zero-order valence-electron chi connectivity index (χ0n) is 12.0. The molecule has 1 N–H and O–H groups in total. The first-order chi connectivity index (χ1) is 9.67. The van der Waals surface area contributed by atoms with E-state index >= 15 is 0 Å². The number of aromatic carboxylic acids is 1. The topological polar surface area (TPSA) is 71.9 Å². The second-order valence-electron chi connectivity index (χ2n) is 4.47. The number of methoxy groups -OCH3 is 2. The molecule has 6 nitrogen and oxygen atoms in total. The van der Waals surface area contributed by atoms with Crippen LogP contribution >= 0.6 is 0 Å². The predicted molar refractivity (Wildman–Crippen MR) is 74.8 cm³/mol. The van der Waals surface area contributed by atoms with Crippen LogP contribution in [0, 0.1) is 0 Å². The van der Waals surface area contributed by atoms with Gasteiger partial charge in [0, 0.05) is 46.7 Å². The number of pyridine rings is 1. The third kappa shape index (κ3) is 6.10. The van der Waals surface area contributed by atoms with E-state index in [1.165, 1.54) is 6.20 Å². The van der Waals surface area contributed by atoms with Gasteiger partial charge in [-0.15, -0.1) is 0 Å². The summed E-state index contributed by atoms with van der Waals surface area (Å²) < 4.78 is 10.2. The molecule has 0 radical (unpaired) electrons. The minimum Gasteiger partial charge on any atom is -0.477 e. The first kappa shape index (κ1) is 16.6. The van der Waals surface area contributed by atoms with Gasteiger partial charge >= 0.3 is 5.97 Å². The molecule has 20 heavy (non-hydrogen) atoms. The summed E-state index contributed by atoms with van der Waals surface area (Å²) in [5.74, 6) is -1.00. The lowest BCUT2D eigenvalue weighted by atomic mass is 10.2. The van der Waals surface area contributed by atoms with Crippen LogP contribution in [-0.4, -0.2) is 61.5 Å². The molecule has 0 saturated heterocycles. The highest BCUT2D eigenvalue weighted by molar-refractivity contribution is 5.85. The van der Waals surface area contributed by atoms with Crippen molar-refractivity contribution in [1.29, 1.82) is 0 Å². The Kier molecular flexibility index (Phi) is 7.79. The van der Waals surface area contributed by atoms with Crippen molar-refractivity contribution in [3.05, 3.63) is 29.6 Å². The molecule has 1 heterocycles. The third-order valence-corrected chi connectivity index (χ3v) is 2.88. The SMILES string of the molecule is COCCCN(CCOC)Cc1ccnc(C(=O)O)c1. The van der Waals surface area contributed by atoms with Crippen molar-refractivity contribution >= 4 is 5.97 Å². The van der Waals surface area contributed by atoms with Gasteiger partial charge in [0.15, 0.2) is 0 Å². The number of rotatable bonds is 10. The zero-order valence-corrected chi connectivity index (χ0v) is 12.0. The van der Waals surface area contributed by atoms with Crippen molar-refractivity contribution in [2.24, 2.45) is 0 Å². The zero-order chi connectivity index (χ0) is 14.8. The Morgan fingerprint density at radius 3 is 2.70 bits per heavy atom. The van der Waals surface area contributed by atoms with E-state index in [4.69, 9.17) is 14.6 Å². The highest BCUT2D eigenvalue weighted by Gasteiger charge is 2.09. The summed E-state index contributed by atoms with van der Waals surface area (Å²) >= 11 is 0. The molecule has 0 saturated carbocycles. The molecule has 6 heteroatoms. The summed E-state index contributed by atoms with van der Waals surface area (Å²) in [5.41, 5.74) is 1.01. The van der Waals surface area contributed by atoms with E-state index in [1.807, 2.05) is 6.07 Å². The molecule has 0 spiro atoms. The van der Waals surface area contributed by atoms with E-state index in [2.05, 4.69) is 9.88 Å². The van der Waals surface area contributed by atoms with Gasteiger partial charge in [0.1, 0.15) is 5.69 Å². The fourth-order valence-electron chi connectivity index (χ4n) is 1.87. The molecule has 1 rings (SSSR count). The number of hydrogen-bond donors (Lipinski definition) is 1. The Labute approximate surface area is 119 Å². The molecule has 0 atom stereocenters. The molecule has 0 aliphatic rings. The minimum atomic E-state index is -1.00. The standard InChI is InChI=1S/C14H22N2O4/c1-19-8-3-6-16(7-9-20-2)11-12-4-5-15-13(10-12)14(17)18/h4-5,10H,3,6-9,11H2,1-2H3,(H,17,18). The van der Waals surface area contributed by atoms with Crippen LogP contribution in [0.25, 0.3) is 0 Å². The first-order valence-electron chi connectivity index (χ1n) is 6.55. The predicted octanol–water partition coefficient (Wildman–Crippen LogP) is 1.26. The number of carbonyl (C=O) groups is 1. The lowest BCUT2D eigenvalue weighted by Gasteiger charge is -2.22. The van der Waals surface area contributed by atoms with E-state index in [1.54, 1.807) is 20.3 Å². The van der Waals surface area contributed by atoms with Gasteiger partial charge in [-0.3, -0.25) is 4.90 Å². The normalized spacial score (nSPS) is 10.9. The maximum Gasteiger partial charge on any atom is 0.354 e. The van der Waals surface area contributed by atoms with Gasteiger partial charge in [0.2, 0.25) is 0 Å². The summed E-state index contributed by atoms with van der Waals surface area (Å²) in [4.78, 5) is 16.9. The quantitative estimate of drug-likeness (QED) is 0.651. The fourth-order valence-corrected chi connectivity index (χ4v) is 1.87. The summed E-state index contributed by atoms with van der Waals surface area (Å²) in [5, 5.41) is 8.95. The molecule has 0 aliphatic carbocycles. The maximum absolute atomic E-state index is 10.9. The number of nitrogens with zero attached hydrogens (tertiary/aromatic N) is 2. The average molecular weight is 282 g/mol. The number of ether oxygens (including phenoxy) is 2. The van der Waals surface area contributed by atoms with Gasteiger partial charge in [-0.1, -0.05) is 0 Å². The molecular formula is C14H22N2O4. The second kappa shape index (κ2) is 9.41. The highest BCUT2D eigenvalue weighted by atomic mass is 16.5. The van der Waals surface area contributed by atoms with Crippen molar-refractivity contribution in [3.8, 4) is 0 Å². The maximum atomic E-state index is 10.9. The molecule has 112 valence electrons. The molecule has 0 amide bonds. The fraction of sp³-hybridized carbons (Fsp3) is 0.571. The smallest absolute Gasteiger partial charge is 0.354 e. The van der Waals surface area contributed by atoms with Crippen molar-refractivity contribution in [3.63, 3.8) is 0 Å². The Morgan fingerprint density at radius 2 is 2.05 bits per heavy atom. The van der Waals surface area contributed by atoms with E-state index in [0.29, 0.717) is 19.8 Å². The summed E-state index contributed by atoms with van der Waals surface area (Å²) in [6, 6.07) is 3.45. The van der Waals surface area contributed by atoms with Crippen molar-refractivity contribution < 1.29 is 19.4 Å². The number of aromatic nitrogens is 1. The molecular weight excluding hydrogens is 260 g/mol. The van der Waals surface area contributed by atoms with Crippen molar-refractivity contribution in [1.82, 2.24) is 9.88 Å². The molecule has 0 fully saturated rings. The van der Waals surface area contributed by atoms with E-state index in [-0.39, 0.29) is 5.69 Å². The first-order valence-corrected chi connectivity index (χ1v) is 6.55. The van der Waals surface area contributed by atoms with Crippen LogP contribution in [0.5, 0.6) is 0 Å². The number of hydrogen-bond acceptors (Lipinski definition) is 5. The van der Waals surface area contributed by atoms with Gasteiger partial charge in [0.25, 0.3) is 0 Å². The molecule has 0 aromatic carbocycles. The van der Waals surface area contributed by atoms with Gasteiger partial charge in [-0.2, -0.15) is 0 Å². The van der Waals surface area contributed by atoms with Crippen LogP contribution < -0.4 is 0 Å². The van der Waals surface area contributed by atoms with E-state index in [0.717, 1.165) is 25.1 Å².